The van der Waals surface area contributed by atoms with Crippen molar-refractivity contribution in [2.45, 2.75) is 0 Å². The zero-order valence-corrected chi connectivity index (χ0v) is 9.77. The molecule has 0 atom stereocenters. The summed E-state index contributed by atoms with van der Waals surface area (Å²) in [6, 6.07) is 5.31. The van der Waals surface area contributed by atoms with E-state index in [1.54, 1.807) is 18.2 Å². The molecule has 0 bridgehead atoms. The van der Waals surface area contributed by atoms with Crippen molar-refractivity contribution >= 4 is 29.3 Å². The Kier molecular flexibility index (Phi) is 4.06. The fourth-order valence-electron chi connectivity index (χ4n) is 0.998. The van der Waals surface area contributed by atoms with Gasteiger partial charge < -0.3 is 10.5 Å². The zero-order chi connectivity index (χ0) is 11.4. The van der Waals surface area contributed by atoms with Crippen molar-refractivity contribution < 1.29 is 4.74 Å². The van der Waals surface area contributed by atoms with E-state index in [4.69, 9.17) is 33.7 Å². The molecule has 0 unspecified atom stereocenters. The lowest BCUT2D eigenvalue weighted by Gasteiger charge is -2.05. The van der Waals surface area contributed by atoms with E-state index in [2.05, 4.69) is 6.58 Å². The Balaban J connectivity index is 3.08. The van der Waals surface area contributed by atoms with E-state index >= 15 is 0 Å². The highest BCUT2D eigenvalue weighted by Crippen LogP contribution is 2.27. The van der Waals surface area contributed by atoms with Gasteiger partial charge in [-0.3, -0.25) is 0 Å². The van der Waals surface area contributed by atoms with Crippen molar-refractivity contribution in [2.24, 2.45) is 5.73 Å². The summed E-state index contributed by atoms with van der Waals surface area (Å²) in [5, 5.41) is 0.951. The molecule has 0 aliphatic heterocycles. The van der Waals surface area contributed by atoms with Crippen LogP contribution in [0.25, 0.3) is 6.08 Å². The Hall–Kier alpha value is -1.12. The minimum atomic E-state index is 0.394. The van der Waals surface area contributed by atoms with Crippen LogP contribution in [0.2, 0.25) is 10.0 Å². The highest BCUT2D eigenvalue weighted by Gasteiger charge is 2.03. The number of rotatable bonds is 3. The van der Waals surface area contributed by atoms with Crippen molar-refractivity contribution in [3.05, 3.63) is 51.8 Å². The quantitative estimate of drug-likeness (QED) is 0.652. The first-order valence-electron chi connectivity index (χ1n) is 4.20. The molecular weight excluding hydrogens is 233 g/mol. The fraction of sp³-hybridized carbons (Fsp3) is 0.0909. The van der Waals surface area contributed by atoms with Gasteiger partial charge in [0.2, 0.25) is 0 Å². The van der Waals surface area contributed by atoms with Gasteiger partial charge in [0.15, 0.2) is 0 Å². The molecule has 0 heterocycles. The Morgan fingerprint density at radius 3 is 2.73 bits per heavy atom. The van der Waals surface area contributed by atoms with Gasteiger partial charge >= 0.3 is 0 Å². The number of ether oxygens (including phenoxy) is 1. The zero-order valence-electron chi connectivity index (χ0n) is 8.26. The van der Waals surface area contributed by atoms with Crippen molar-refractivity contribution in [2.75, 3.05) is 7.11 Å². The van der Waals surface area contributed by atoms with E-state index in [9.17, 15) is 0 Å². The molecule has 0 aliphatic carbocycles. The maximum absolute atomic E-state index is 5.98. The summed E-state index contributed by atoms with van der Waals surface area (Å²) < 4.78 is 4.89. The van der Waals surface area contributed by atoms with Crippen LogP contribution in [0.3, 0.4) is 0 Å². The van der Waals surface area contributed by atoms with Gasteiger partial charge in [-0.2, -0.15) is 0 Å². The second-order valence-electron chi connectivity index (χ2n) is 2.87. The van der Waals surface area contributed by atoms with Crippen LogP contribution in [-0.4, -0.2) is 7.11 Å². The fourth-order valence-corrected chi connectivity index (χ4v) is 1.36. The van der Waals surface area contributed by atoms with Crippen LogP contribution in [0.15, 0.2) is 36.2 Å². The van der Waals surface area contributed by atoms with Crippen molar-refractivity contribution in [3.63, 3.8) is 0 Å². The first-order valence-corrected chi connectivity index (χ1v) is 4.96. The van der Waals surface area contributed by atoms with E-state index in [1.807, 2.05) is 6.07 Å². The van der Waals surface area contributed by atoms with Crippen LogP contribution < -0.4 is 5.73 Å². The molecule has 0 aromatic heterocycles. The van der Waals surface area contributed by atoms with Gasteiger partial charge in [0.25, 0.3) is 0 Å². The molecule has 80 valence electrons. The van der Waals surface area contributed by atoms with E-state index in [1.165, 1.54) is 7.11 Å². The number of hydrogen-bond acceptors (Lipinski definition) is 2. The van der Waals surface area contributed by atoms with Gasteiger partial charge in [-0.15, -0.1) is 0 Å². The Labute approximate surface area is 98.9 Å². The van der Waals surface area contributed by atoms with Crippen molar-refractivity contribution in [1.82, 2.24) is 0 Å². The molecule has 4 heteroatoms. The third-order valence-corrected chi connectivity index (χ3v) is 2.69. The van der Waals surface area contributed by atoms with Gasteiger partial charge in [-0.25, -0.2) is 0 Å². The molecular formula is C11H11Cl2NO. The number of benzene rings is 1. The summed E-state index contributed by atoms with van der Waals surface area (Å²) in [4.78, 5) is 0. The molecule has 0 radical (unpaired) electrons. The molecule has 0 amide bonds. The van der Waals surface area contributed by atoms with E-state index in [0.717, 1.165) is 5.56 Å². The lowest BCUT2D eigenvalue weighted by Crippen LogP contribution is -2.01. The molecule has 0 aliphatic rings. The molecule has 1 aromatic rings. The van der Waals surface area contributed by atoms with Crippen LogP contribution in [0.4, 0.5) is 0 Å². The van der Waals surface area contributed by atoms with Crippen molar-refractivity contribution in [1.29, 1.82) is 0 Å². The molecule has 0 spiro atoms. The smallest absolute Gasteiger partial charge is 0.134 e. The van der Waals surface area contributed by atoms with Crippen LogP contribution >= 0.6 is 23.2 Å². The predicted octanol–water partition coefficient (Wildman–Crippen LogP) is 3.45. The predicted molar refractivity (Wildman–Crippen MR) is 64.8 cm³/mol. The SMILES string of the molecule is C=C(OC)/C(N)=C/c1cccc(Cl)c1Cl. The van der Waals surface area contributed by atoms with Gasteiger partial charge in [0.05, 0.1) is 22.9 Å². The van der Waals surface area contributed by atoms with Crippen molar-refractivity contribution in [3.8, 4) is 0 Å². The Morgan fingerprint density at radius 2 is 2.13 bits per heavy atom. The lowest BCUT2D eigenvalue weighted by atomic mass is 10.2. The average Bonchev–Trinajstić information content (AvgIpc) is 2.23. The molecule has 2 N–H and O–H groups in total. The molecule has 2 nitrogen and oxygen atoms in total. The van der Waals surface area contributed by atoms with Crippen LogP contribution in [0.5, 0.6) is 0 Å². The minimum Gasteiger partial charge on any atom is -0.495 e. The van der Waals surface area contributed by atoms with Gasteiger partial charge in [0.1, 0.15) is 5.76 Å². The van der Waals surface area contributed by atoms with Crippen LogP contribution in [0.1, 0.15) is 5.56 Å². The minimum absolute atomic E-state index is 0.394. The molecule has 0 saturated heterocycles. The van der Waals surface area contributed by atoms with E-state index in [0.29, 0.717) is 21.5 Å². The van der Waals surface area contributed by atoms with Gasteiger partial charge in [-0.05, 0) is 17.7 Å². The standard InChI is InChI=1S/C11H11Cl2NO/c1-7(15-2)10(14)6-8-4-3-5-9(12)11(8)13/h3-6H,1,14H2,2H3/b10-6-. The summed E-state index contributed by atoms with van der Waals surface area (Å²) in [5.41, 5.74) is 6.87. The second-order valence-corrected chi connectivity index (χ2v) is 3.66. The normalized spacial score (nSPS) is 11.3. The van der Waals surface area contributed by atoms with E-state index < -0.39 is 0 Å². The second kappa shape index (κ2) is 5.10. The molecule has 1 aromatic carbocycles. The summed E-state index contributed by atoms with van der Waals surface area (Å²) >= 11 is 11.8. The highest BCUT2D eigenvalue weighted by molar-refractivity contribution is 6.42. The maximum atomic E-state index is 5.98. The summed E-state index contributed by atoms with van der Waals surface area (Å²) in [6.45, 7) is 3.63. The van der Waals surface area contributed by atoms with Crippen LogP contribution in [-0.2, 0) is 4.74 Å². The average molecular weight is 244 g/mol. The molecule has 0 saturated carbocycles. The third kappa shape index (κ3) is 2.91. The molecule has 0 fully saturated rings. The monoisotopic (exact) mass is 243 g/mol. The largest absolute Gasteiger partial charge is 0.495 e. The first kappa shape index (κ1) is 12.0. The first-order chi connectivity index (χ1) is 7.06. The summed E-state index contributed by atoms with van der Waals surface area (Å²) in [6.07, 6.45) is 1.67. The summed E-state index contributed by atoms with van der Waals surface area (Å²) in [5.74, 6) is 0.394. The number of hydrogen-bond donors (Lipinski definition) is 1. The molecule has 1 rings (SSSR count). The Bertz CT molecular complexity index is 413. The van der Waals surface area contributed by atoms with Gasteiger partial charge in [-0.1, -0.05) is 41.9 Å². The highest BCUT2D eigenvalue weighted by atomic mass is 35.5. The van der Waals surface area contributed by atoms with Crippen LogP contribution in [0, 0.1) is 0 Å². The third-order valence-electron chi connectivity index (χ3n) is 1.86. The van der Waals surface area contributed by atoms with E-state index in [-0.39, 0.29) is 0 Å². The Morgan fingerprint density at radius 1 is 1.47 bits per heavy atom. The summed E-state index contributed by atoms with van der Waals surface area (Å²) in [7, 11) is 1.50. The maximum Gasteiger partial charge on any atom is 0.134 e. The lowest BCUT2D eigenvalue weighted by molar-refractivity contribution is 0.302. The molecule has 15 heavy (non-hydrogen) atoms. The topological polar surface area (TPSA) is 35.2 Å². The van der Waals surface area contributed by atoms with Gasteiger partial charge in [0, 0.05) is 0 Å². The number of halogens is 2. The number of nitrogens with two attached hydrogens (primary N) is 1. The number of methoxy groups -OCH3 is 1.